The molecule has 16 heavy (non-hydrogen) atoms. The summed E-state index contributed by atoms with van der Waals surface area (Å²) < 4.78 is 1.16. The number of nitrogens with zero attached hydrogens (tertiary/aromatic N) is 1. The SMILES string of the molecule is CN(C)C(c1cccc(Br)c1)C1CCCN1. The molecule has 0 saturated carbocycles. The van der Waals surface area contributed by atoms with Crippen molar-refractivity contribution in [1.29, 1.82) is 0 Å². The van der Waals surface area contributed by atoms with Crippen LogP contribution in [0.15, 0.2) is 28.7 Å². The van der Waals surface area contributed by atoms with Crippen molar-refractivity contribution in [2.75, 3.05) is 20.6 Å². The van der Waals surface area contributed by atoms with Crippen molar-refractivity contribution in [2.45, 2.75) is 24.9 Å². The molecular weight excluding hydrogens is 264 g/mol. The summed E-state index contributed by atoms with van der Waals surface area (Å²) in [7, 11) is 4.32. The van der Waals surface area contributed by atoms with Crippen LogP contribution in [0.25, 0.3) is 0 Å². The first-order valence-electron chi connectivity index (χ1n) is 5.84. The van der Waals surface area contributed by atoms with Crippen LogP contribution < -0.4 is 5.32 Å². The number of benzene rings is 1. The van der Waals surface area contributed by atoms with E-state index in [0.717, 1.165) is 11.0 Å². The van der Waals surface area contributed by atoms with E-state index in [-0.39, 0.29) is 0 Å². The Morgan fingerprint density at radius 3 is 2.81 bits per heavy atom. The summed E-state index contributed by atoms with van der Waals surface area (Å²) in [5, 5.41) is 3.60. The summed E-state index contributed by atoms with van der Waals surface area (Å²) in [4.78, 5) is 2.31. The number of nitrogens with one attached hydrogen (secondary N) is 1. The van der Waals surface area contributed by atoms with E-state index in [2.05, 4.69) is 64.5 Å². The Hall–Kier alpha value is -0.380. The Bertz CT molecular complexity index is 346. The normalized spacial score (nSPS) is 22.6. The molecule has 0 amide bonds. The molecule has 2 atom stereocenters. The van der Waals surface area contributed by atoms with E-state index in [1.165, 1.54) is 18.4 Å². The van der Waals surface area contributed by atoms with Gasteiger partial charge < -0.3 is 10.2 Å². The molecule has 1 aliphatic heterocycles. The lowest BCUT2D eigenvalue weighted by Gasteiger charge is -2.30. The number of likely N-dealkylation sites (N-methyl/N-ethyl adjacent to an activating group) is 1. The zero-order valence-electron chi connectivity index (χ0n) is 9.91. The van der Waals surface area contributed by atoms with Crippen molar-refractivity contribution in [3.63, 3.8) is 0 Å². The fourth-order valence-electron chi connectivity index (χ4n) is 2.56. The maximum atomic E-state index is 3.60. The van der Waals surface area contributed by atoms with Crippen LogP contribution in [0.2, 0.25) is 0 Å². The topological polar surface area (TPSA) is 15.3 Å². The zero-order chi connectivity index (χ0) is 11.5. The van der Waals surface area contributed by atoms with Crippen LogP contribution in [0.3, 0.4) is 0 Å². The van der Waals surface area contributed by atoms with Gasteiger partial charge in [0.2, 0.25) is 0 Å². The molecule has 1 aromatic carbocycles. The fraction of sp³-hybridized carbons (Fsp3) is 0.538. The minimum atomic E-state index is 0.472. The van der Waals surface area contributed by atoms with Crippen LogP contribution >= 0.6 is 15.9 Å². The van der Waals surface area contributed by atoms with Crippen molar-refractivity contribution < 1.29 is 0 Å². The molecule has 0 aromatic heterocycles. The molecule has 1 fully saturated rings. The Morgan fingerprint density at radius 1 is 1.44 bits per heavy atom. The lowest BCUT2D eigenvalue weighted by molar-refractivity contribution is 0.244. The molecule has 2 unspecified atom stereocenters. The molecule has 2 nitrogen and oxygen atoms in total. The molecule has 0 spiro atoms. The van der Waals surface area contributed by atoms with Crippen LogP contribution in [-0.4, -0.2) is 31.6 Å². The molecule has 1 N–H and O–H groups in total. The smallest absolute Gasteiger partial charge is 0.0496 e. The van der Waals surface area contributed by atoms with Crippen molar-refractivity contribution in [2.24, 2.45) is 0 Å². The van der Waals surface area contributed by atoms with Gasteiger partial charge in [0.25, 0.3) is 0 Å². The number of hydrogen-bond acceptors (Lipinski definition) is 2. The third-order valence-electron chi connectivity index (χ3n) is 3.23. The lowest BCUT2D eigenvalue weighted by Crippen LogP contribution is -2.37. The van der Waals surface area contributed by atoms with Crippen LogP contribution in [-0.2, 0) is 0 Å². The highest BCUT2D eigenvalue weighted by molar-refractivity contribution is 9.10. The second-order valence-electron chi connectivity index (χ2n) is 4.67. The molecular formula is C13H19BrN2. The monoisotopic (exact) mass is 282 g/mol. The highest BCUT2D eigenvalue weighted by Gasteiger charge is 2.27. The minimum Gasteiger partial charge on any atom is -0.312 e. The van der Waals surface area contributed by atoms with Crippen molar-refractivity contribution in [3.05, 3.63) is 34.3 Å². The molecule has 1 aromatic rings. The fourth-order valence-corrected chi connectivity index (χ4v) is 2.98. The summed E-state index contributed by atoms with van der Waals surface area (Å²) in [6.07, 6.45) is 2.57. The van der Waals surface area contributed by atoms with Gasteiger partial charge in [-0.2, -0.15) is 0 Å². The number of halogens is 1. The van der Waals surface area contributed by atoms with Crippen LogP contribution in [0.1, 0.15) is 24.4 Å². The van der Waals surface area contributed by atoms with Gasteiger partial charge >= 0.3 is 0 Å². The van der Waals surface area contributed by atoms with Gasteiger partial charge in [-0.25, -0.2) is 0 Å². The third kappa shape index (κ3) is 2.65. The largest absolute Gasteiger partial charge is 0.312 e. The molecule has 0 aliphatic carbocycles. The van der Waals surface area contributed by atoms with E-state index in [1.54, 1.807) is 0 Å². The first-order chi connectivity index (χ1) is 7.68. The van der Waals surface area contributed by atoms with Gasteiger partial charge in [0.1, 0.15) is 0 Å². The van der Waals surface area contributed by atoms with Crippen molar-refractivity contribution in [1.82, 2.24) is 10.2 Å². The second-order valence-corrected chi connectivity index (χ2v) is 5.58. The van der Waals surface area contributed by atoms with Crippen LogP contribution in [0, 0.1) is 0 Å². The van der Waals surface area contributed by atoms with Gasteiger partial charge in [-0.15, -0.1) is 0 Å². The van der Waals surface area contributed by atoms with Gasteiger partial charge in [-0.3, -0.25) is 0 Å². The van der Waals surface area contributed by atoms with E-state index in [4.69, 9.17) is 0 Å². The van der Waals surface area contributed by atoms with Crippen LogP contribution in [0.5, 0.6) is 0 Å². The highest BCUT2D eigenvalue weighted by Crippen LogP contribution is 2.28. The molecule has 1 heterocycles. The van der Waals surface area contributed by atoms with Gasteiger partial charge in [0.05, 0.1) is 0 Å². The maximum Gasteiger partial charge on any atom is 0.0496 e. The van der Waals surface area contributed by atoms with E-state index in [1.807, 2.05) is 0 Å². The van der Waals surface area contributed by atoms with E-state index in [0.29, 0.717) is 12.1 Å². The highest BCUT2D eigenvalue weighted by atomic mass is 79.9. The third-order valence-corrected chi connectivity index (χ3v) is 3.72. The van der Waals surface area contributed by atoms with Crippen molar-refractivity contribution >= 4 is 15.9 Å². The Labute approximate surface area is 106 Å². The Kier molecular flexibility index (Phi) is 4.00. The van der Waals surface area contributed by atoms with Gasteiger partial charge in [0, 0.05) is 16.6 Å². The molecule has 0 bridgehead atoms. The first kappa shape index (κ1) is 12.1. The molecule has 0 radical (unpaired) electrons. The summed E-state index contributed by atoms with van der Waals surface area (Å²) in [5.41, 5.74) is 1.39. The standard InChI is InChI=1S/C13H19BrN2/c1-16(2)13(12-7-4-8-15-12)10-5-3-6-11(14)9-10/h3,5-6,9,12-13,15H,4,7-8H2,1-2H3. The Balaban J connectivity index is 2.24. The minimum absolute atomic E-state index is 0.472. The summed E-state index contributed by atoms with van der Waals surface area (Å²) >= 11 is 3.55. The lowest BCUT2D eigenvalue weighted by atomic mass is 9.97. The predicted molar refractivity (Wildman–Crippen MR) is 71.6 cm³/mol. The molecule has 3 heteroatoms. The molecule has 88 valence electrons. The summed E-state index contributed by atoms with van der Waals surface area (Å²) in [6, 6.07) is 9.70. The van der Waals surface area contributed by atoms with Crippen LogP contribution in [0.4, 0.5) is 0 Å². The second kappa shape index (κ2) is 5.30. The first-order valence-corrected chi connectivity index (χ1v) is 6.63. The average Bonchev–Trinajstić information content (AvgIpc) is 2.71. The zero-order valence-corrected chi connectivity index (χ0v) is 11.5. The Morgan fingerprint density at radius 2 is 2.25 bits per heavy atom. The van der Waals surface area contributed by atoms with Gasteiger partial charge in [-0.05, 0) is 51.2 Å². The average molecular weight is 283 g/mol. The molecule has 1 saturated heterocycles. The maximum absolute atomic E-state index is 3.60. The molecule has 2 rings (SSSR count). The molecule has 1 aliphatic rings. The van der Waals surface area contributed by atoms with E-state index in [9.17, 15) is 0 Å². The predicted octanol–water partition coefficient (Wildman–Crippen LogP) is 2.80. The quantitative estimate of drug-likeness (QED) is 0.917. The van der Waals surface area contributed by atoms with Gasteiger partial charge in [-0.1, -0.05) is 28.1 Å². The number of rotatable bonds is 3. The van der Waals surface area contributed by atoms with E-state index < -0.39 is 0 Å². The number of hydrogen-bond donors (Lipinski definition) is 1. The van der Waals surface area contributed by atoms with Crippen molar-refractivity contribution in [3.8, 4) is 0 Å². The summed E-state index contributed by atoms with van der Waals surface area (Å²) in [5.74, 6) is 0. The van der Waals surface area contributed by atoms with Gasteiger partial charge in [0.15, 0.2) is 0 Å². The summed E-state index contributed by atoms with van der Waals surface area (Å²) in [6.45, 7) is 1.16. The van der Waals surface area contributed by atoms with E-state index >= 15 is 0 Å².